The van der Waals surface area contributed by atoms with E-state index in [4.69, 9.17) is 0 Å². The monoisotopic (exact) mass is 274 g/mol. The lowest BCUT2D eigenvalue weighted by Gasteiger charge is -2.34. The van der Waals surface area contributed by atoms with E-state index in [1.807, 2.05) is 24.3 Å². The molecule has 2 atom stereocenters. The molecule has 0 aliphatic carbocycles. The largest absolute Gasteiger partial charge is 0.481 e. The zero-order valence-corrected chi connectivity index (χ0v) is 11.2. The second-order valence-corrected chi connectivity index (χ2v) is 5.38. The Morgan fingerprint density at radius 1 is 1.25 bits per heavy atom. The molecule has 1 unspecified atom stereocenters. The minimum atomic E-state index is -0.816. The first-order chi connectivity index (χ1) is 9.68. The Balaban J connectivity index is 1.92. The summed E-state index contributed by atoms with van der Waals surface area (Å²) in [6, 6.07) is 7.22. The van der Waals surface area contributed by atoms with Crippen LogP contribution in [0.5, 0.6) is 0 Å². The van der Waals surface area contributed by atoms with Crippen molar-refractivity contribution in [3.05, 3.63) is 29.8 Å². The van der Waals surface area contributed by atoms with Gasteiger partial charge in [0.25, 0.3) is 0 Å². The predicted octanol–water partition coefficient (Wildman–Crippen LogP) is 1.34. The lowest BCUT2D eigenvalue weighted by atomic mass is 9.89. The van der Waals surface area contributed by atoms with Crippen molar-refractivity contribution in [3.63, 3.8) is 0 Å². The topological polar surface area (TPSA) is 69.6 Å². The van der Waals surface area contributed by atoms with E-state index in [0.717, 1.165) is 30.6 Å². The highest BCUT2D eigenvalue weighted by molar-refractivity contribution is 5.99. The molecule has 20 heavy (non-hydrogen) atoms. The van der Waals surface area contributed by atoms with Crippen molar-refractivity contribution in [2.45, 2.75) is 31.2 Å². The summed E-state index contributed by atoms with van der Waals surface area (Å²) in [7, 11) is 0. The van der Waals surface area contributed by atoms with Crippen molar-refractivity contribution in [1.29, 1.82) is 0 Å². The lowest BCUT2D eigenvalue weighted by molar-refractivity contribution is -0.139. The molecule has 0 aromatic heterocycles. The first kappa shape index (κ1) is 13.1. The maximum atomic E-state index is 12.6. The molecule has 1 aromatic rings. The van der Waals surface area contributed by atoms with Crippen LogP contribution in [0.15, 0.2) is 24.3 Å². The van der Waals surface area contributed by atoms with Crippen LogP contribution in [0, 0.1) is 0 Å². The molecule has 5 nitrogen and oxygen atoms in total. The highest BCUT2D eigenvalue weighted by atomic mass is 16.4. The number of nitrogens with one attached hydrogen (secondary N) is 1. The molecule has 0 spiro atoms. The van der Waals surface area contributed by atoms with Gasteiger partial charge in [-0.2, -0.15) is 0 Å². The van der Waals surface area contributed by atoms with Gasteiger partial charge in [0.1, 0.15) is 0 Å². The van der Waals surface area contributed by atoms with Gasteiger partial charge in [0.05, 0.1) is 12.0 Å². The average molecular weight is 274 g/mol. The predicted molar refractivity (Wildman–Crippen MR) is 74.8 cm³/mol. The van der Waals surface area contributed by atoms with Crippen LogP contribution in [0.25, 0.3) is 0 Å². The van der Waals surface area contributed by atoms with Crippen LogP contribution >= 0.6 is 0 Å². The molecule has 0 radical (unpaired) electrons. The van der Waals surface area contributed by atoms with E-state index in [1.165, 1.54) is 0 Å². The molecule has 5 heteroatoms. The van der Waals surface area contributed by atoms with E-state index in [0.29, 0.717) is 13.0 Å². The second kappa shape index (κ2) is 5.25. The summed E-state index contributed by atoms with van der Waals surface area (Å²) in [5.41, 5.74) is 1.50. The summed E-state index contributed by atoms with van der Waals surface area (Å²) in [4.78, 5) is 25.6. The van der Waals surface area contributed by atoms with Gasteiger partial charge < -0.3 is 15.3 Å². The van der Waals surface area contributed by atoms with Crippen molar-refractivity contribution < 1.29 is 14.7 Å². The molecule has 2 aliphatic heterocycles. The molecule has 1 fully saturated rings. The summed E-state index contributed by atoms with van der Waals surface area (Å²) < 4.78 is 0. The van der Waals surface area contributed by atoms with Gasteiger partial charge in [0.2, 0.25) is 5.91 Å². The third-order valence-electron chi connectivity index (χ3n) is 4.17. The summed E-state index contributed by atoms with van der Waals surface area (Å²) in [5.74, 6) is -1.26. The highest BCUT2D eigenvalue weighted by Crippen LogP contribution is 2.35. The number of anilines is 1. The molecule has 3 rings (SSSR count). The summed E-state index contributed by atoms with van der Waals surface area (Å²) in [6.45, 7) is 1.36. The highest BCUT2D eigenvalue weighted by Gasteiger charge is 2.35. The number of fused-ring (bicyclic) bond motifs is 1. The van der Waals surface area contributed by atoms with Gasteiger partial charge in [-0.1, -0.05) is 18.2 Å². The number of amides is 1. The Hall–Kier alpha value is -1.88. The van der Waals surface area contributed by atoms with E-state index in [-0.39, 0.29) is 11.9 Å². The van der Waals surface area contributed by atoms with E-state index >= 15 is 0 Å². The van der Waals surface area contributed by atoms with Crippen LogP contribution in [0.3, 0.4) is 0 Å². The molecule has 1 saturated heterocycles. The zero-order valence-electron chi connectivity index (χ0n) is 11.2. The Bertz CT molecular complexity index is 538. The zero-order chi connectivity index (χ0) is 14.1. The van der Waals surface area contributed by atoms with Crippen molar-refractivity contribution in [3.8, 4) is 0 Å². The van der Waals surface area contributed by atoms with Gasteiger partial charge in [-0.05, 0) is 37.4 Å². The van der Waals surface area contributed by atoms with Gasteiger partial charge in [-0.3, -0.25) is 9.59 Å². The number of hydrogen-bond acceptors (Lipinski definition) is 3. The molecule has 0 bridgehead atoms. The molecule has 1 aromatic carbocycles. The summed E-state index contributed by atoms with van der Waals surface area (Å²) >= 11 is 0. The number of carbonyl (C=O) groups is 2. The van der Waals surface area contributed by atoms with Gasteiger partial charge >= 0.3 is 5.97 Å². The SMILES string of the molecule is O=C(O)C1CCN(C(=O)[C@H]2CCCN2)c2ccccc21. The van der Waals surface area contributed by atoms with E-state index in [9.17, 15) is 14.7 Å². The minimum Gasteiger partial charge on any atom is -0.481 e. The quantitative estimate of drug-likeness (QED) is 0.854. The number of rotatable bonds is 2. The lowest BCUT2D eigenvalue weighted by Crippen LogP contribution is -2.46. The minimum absolute atomic E-state index is 0.0683. The first-order valence-electron chi connectivity index (χ1n) is 7.05. The molecule has 2 aliphatic rings. The molecule has 2 heterocycles. The van der Waals surface area contributed by atoms with Crippen molar-refractivity contribution in [2.75, 3.05) is 18.0 Å². The van der Waals surface area contributed by atoms with Crippen LogP contribution in [0.4, 0.5) is 5.69 Å². The normalized spacial score (nSPS) is 25.3. The maximum absolute atomic E-state index is 12.6. The van der Waals surface area contributed by atoms with E-state index < -0.39 is 11.9 Å². The molecule has 1 amide bonds. The standard InChI is InChI=1S/C15H18N2O3/c18-14(12-5-3-8-16-12)17-9-7-11(15(19)20)10-4-1-2-6-13(10)17/h1-2,4,6,11-12,16H,3,5,7-9H2,(H,19,20)/t11?,12-/m1/s1. The number of aliphatic carboxylic acids is 1. The Morgan fingerprint density at radius 3 is 2.75 bits per heavy atom. The number of nitrogens with zero attached hydrogens (tertiary/aromatic N) is 1. The number of carboxylic acids is 1. The Kier molecular flexibility index (Phi) is 3.44. The number of hydrogen-bond donors (Lipinski definition) is 2. The molecule has 2 N–H and O–H groups in total. The Morgan fingerprint density at radius 2 is 2.05 bits per heavy atom. The van der Waals surface area contributed by atoms with Gasteiger partial charge in [0.15, 0.2) is 0 Å². The van der Waals surface area contributed by atoms with Crippen LogP contribution in [-0.4, -0.2) is 36.1 Å². The second-order valence-electron chi connectivity index (χ2n) is 5.38. The third-order valence-corrected chi connectivity index (χ3v) is 4.17. The molecule has 106 valence electrons. The maximum Gasteiger partial charge on any atom is 0.311 e. The molecule has 0 saturated carbocycles. The van der Waals surface area contributed by atoms with Gasteiger partial charge in [-0.25, -0.2) is 0 Å². The van der Waals surface area contributed by atoms with Crippen molar-refractivity contribution >= 4 is 17.6 Å². The van der Waals surface area contributed by atoms with E-state index in [1.54, 1.807) is 4.90 Å². The third kappa shape index (κ3) is 2.18. The van der Waals surface area contributed by atoms with Crippen molar-refractivity contribution in [2.24, 2.45) is 0 Å². The Labute approximate surface area is 117 Å². The number of carbonyl (C=O) groups excluding carboxylic acids is 1. The van der Waals surface area contributed by atoms with Crippen LogP contribution in [0.2, 0.25) is 0 Å². The molecular weight excluding hydrogens is 256 g/mol. The van der Waals surface area contributed by atoms with E-state index in [2.05, 4.69) is 5.32 Å². The summed E-state index contributed by atoms with van der Waals surface area (Å²) in [6.07, 6.45) is 2.36. The van der Waals surface area contributed by atoms with Crippen LogP contribution < -0.4 is 10.2 Å². The fourth-order valence-electron chi connectivity index (χ4n) is 3.13. The fraction of sp³-hybridized carbons (Fsp3) is 0.467. The van der Waals surface area contributed by atoms with Crippen molar-refractivity contribution in [1.82, 2.24) is 5.32 Å². The van der Waals surface area contributed by atoms with Gasteiger partial charge in [-0.15, -0.1) is 0 Å². The van der Waals surface area contributed by atoms with Crippen LogP contribution in [-0.2, 0) is 9.59 Å². The number of benzene rings is 1. The number of para-hydroxylation sites is 1. The average Bonchev–Trinajstić information content (AvgIpc) is 2.99. The summed E-state index contributed by atoms with van der Waals surface area (Å²) in [5, 5.41) is 12.5. The smallest absolute Gasteiger partial charge is 0.311 e. The first-order valence-corrected chi connectivity index (χ1v) is 7.05. The van der Waals surface area contributed by atoms with Crippen LogP contribution in [0.1, 0.15) is 30.7 Å². The number of carboxylic acid groups (broad SMARTS) is 1. The van der Waals surface area contributed by atoms with Gasteiger partial charge in [0, 0.05) is 12.2 Å². The fourth-order valence-corrected chi connectivity index (χ4v) is 3.13. The molecular formula is C15H18N2O3.